The zero-order valence-corrected chi connectivity index (χ0v) is 25.3. The van der Waals surface area contributed by atoms with E-state index in [4.69, 9.17) is 14.2 Å². The number of carbonyl (C=O) groups is 1. The Morgan fingerprint density at radius 3 is 2.23 bits per heavy atom. The Bertz CT molecular complexity index is 1030. The van der Waals surface area contributed by atoms with E-state index in [0.29, 0.717) is 5.92 Å². The molecule has 0 bridgehead atoms. The van der Waals surface area contributed by atoms with Crippen LogP contribution in [0.5, 0.6) is 11.5 Å². The van der Waals surface area contributed by atoms with Gasteiger partial charge in [0, 0.05) is 18.6 Å². The van der Waals surface area contributed by atoms with Crippen LogP contribution < -0.4 is 14.8 Å². The fourth-order valence-corrected chi connectivity index (χ4v) is 6.18. The third-order valence-electron chi connectivity index (χ3n) is 9.44. The zero-order valence-electron chi connectivity index (χ0n) is 25.3. The van der Waals surface area contributed by atoms with Crippen molar-refractivity contribution in [3.63, 3.8) is 0 Å². The average Bonchev–Trinajstić information content (AvgIpc) is 2.97. The van der Waals surface area contributed by atoms with Crippen molar-refractivity contribution in [2.45, 2.75) is 96.9 Å². The van der Waals surface area contributed by atoms with Gasteiger partial charge in [-0.25, -0.2) is 0 Å². The molecule has 0 spiro atoms. The van der Waals surface area contributed by atoms with E-state index >= 15 is 0 Å². The van der Waals surface area contributed by atoms with Gasteiger partial charge in [0.15, 0.2) is 6.79 Å². The molecule has 1 saturated carbocycles. The average molecular weight is 538 g/mol. The number of ether oxygens (including phenoxy) is 3. The molecule has 0 aliphatic heterocycles. The van der Waals surface area contributed by atoms with Crippen LogP contribution >= 0.6 is 0 Å². The van der Waals surface area contributed by atoms with E-state index < -0.39 is 0 Å². The summed E-state index contributed by atoms with van der Waals surface area (Å²) in [5, 5.41) is 3.56. The van der Waals surface area contributed by atoms with Gasteiger partial charge in [-0.2, -0.15) is 0 Å². The topological polar surface area (TPSA) is 56.8 Å². The van der Waals surface area contributed by atoms with Gasteiger partial charge in [0.2, 0.25) is 5.91 Å². The van der Waals surface area contributed by atoms with E-state index in [1.807, 2.05) is 18.2 Å². The highest BCUT2D eigenvalue weighted by atomic mass is 16.7. The lowest BCUT2D eigenvalue weighted by molar-refractivity contribution is -0.128. The SMILES string of the molecule is CCC(C)C[C@]1(c2cccc(OCOC)c2)CC[C@](CC)(NC(=O)C(C)C(C)Cc2ccc(OC)cc2)CC1. The largest absolute Gasteiger partial charge is 0.497 e. The third kappa shape index (κ3) is 8.00. The first kappa shape index (κ1) is 31.0. The lowest BCUT2D eigenvalue weighted by Crippen LogP contribution is -2.54. The van der Waals surface area contributed by atoms with Crippen molar-refractivity contribution in [1.29, 1.82) is 0 Å². The lowest BCUT2D eigenvalue weighted by atomic mass is 9.60. The molecule has 216 valence electrons. The van der Waals surface area contributed by atoms with Gasteiger partial charge in [-0.05, 0) is 97.6 Å². The molecule has 1 aliphatic rings. The molecule has 1 N–H and O–H groups in total. The maximum absolute atomic E-state index is 13.5. The maximum Gasteiger partial charge on any atom is 0.223 e. The number of hydrogen-bond acceptors (Lipinski definition) is 4. The fourth-order valence-electron chi connectivity index (χ4n) is 6.18. The highest BCUT2D eigenvalue weighted by molar-refractivity contribution is 5.79. The van der Waals surface area contributed by atoms with E-state index in [-0.39, 0.29) is 35.5 Å². The molecule has 0 radical (unpaired) electrons. The quantitative estimate of drug-likeness (QED) is 0.251. The van der Waals surface area contributed by atoms with Crippen molar-refractivity contribution in [2.24, 2.45) is 17.8 Å². The first-order chi connectivity index (χ1) is 18.7. The molecule has 3 atom stereocenters. The molecule has 0 heterocycles. The molecule has 0 aromatic heterocycles. The molecule has 2 aromatic carbocycles. The summed E-state index contributed by atoms with van der Waals surface area (Å²) in [5.41, 5.74) is 2.54. The molecular weight excluding hydrogens is 486 g/mol. The van der Waals surface area contributed by atoms with Crippen LogP contribution in [0.15, 0.2) is 48.5 Å². The molecule has 3 unspecified atom stereocenters. The number of benzene rings is 2. The van der Waals surface area contributed by atoms with Crippen molar-refractivity contribution in [2.75, 3.05) is 21.0 Å². The molecule has 1 aliphatic carbocycles. The molecule has 2 aromatic rings. The zero-order chi connectivity index (χ0) is 28.5. The van der Waals surface area contributed by atoms with E-state index in [1.54, 1.807) is 14.2 Å². The summed E-state index contributed by atoms with van der Waals surface area (Å²) in [5.74, 6) is 2.72. The highest BCUT2D eigenvalue weighted by Crippen LogP contribution is 2.49. The second-order valence-corrected chi connectivity index (χ2v) is 12.0. The predicted molar refractivity (Wildman–Crippen MR) is 159 cm³/mol. The van der Waals surface area contributed by atoms with Crippen molar-refractivity contribution in [3.8, 4) is 11.5 Å². The monoisotopic (exact) mass is 537 g/mol. The maximum atomic E-state index is 13.5. The van der Waals surface area contributed by atoms with Gasteiger partial charge in [-0.3, -0.25) is 4.79 Å². The Kier molecular flexibility index (Phi) is 11.3. The Morgan fingerprint density at radius 2 is 1.64 bits per heavy atom. The number of methoxy groups -OCH3 is 2. The summed E-state index contributed by atoms with van der Waals surface area (Å²) in [6.07, 6.45) is 8.26. The first-order valence-electron chi connectivity index (χ1n) is 14.9. The number of carbonyl (C=O) groups excluding carboxylic acids is 1. The summed E-state index contributed by atoms with van der Waals surface area (Å²) >= 11 is 0. The van der Waals surface area contributed by atoms with Crippen molar-refractivity contribution in [3.05, 3.63) is 59.7 Å². The molecule has 5 heteroatoms. The Morgan fingerprint density at radius 1 is 0.949 bits per heavy atom. The summed E-state index contributed by atoms with van der Waals surface area (Å²) in [7, 11) is 3.33. The minimum absolute atomic E-state index is 0.0584. The van der Waals surface area contributed by atoms with Crippen LogP contribution in [0.4, 0.5) is 0 Å². The molecule has 1 fully saturated rings. The second-order valence-electron chi connectivity index (χ2n) is 12.0. The lowest BCUT2D eigenvalue weighted by Gasteiger charge is -2.48. The summed E-state index contributed by atoms with van der Waals surface area (Å²) in [6, 6.07) is 16.8. The van der Waals surface area contributed by atoms with Gasteiger partial charge in [0.1, 0.15) is 11.5 Å². The highest BCUT2D eigenvalue weighted by Gasteiger charge is 2.44. The Balaban J connectivity index is 1.71. The van der Waals surface area contributed by atoms with Gasteiger partial charge in [-0.1, -0.05) is 65.3 Å². The van der Waals surface area contributed by atoms with Crippen molar-refractivity contribution in [1.82, 2.24) is 5.32 Å². The fraction of sp³-hybridized carbons (Fsp3) is 0.618. The van der Waals surface area contributed by atoms with Crippen LogP contribution in [0, 0.1) is 17.8 Å². The van der Waals surface area contributed by atoms with Gasteiger partial charge in [0.05, 0.1) is 7.11 Å². The second kappa shape index (κ2) is 14.2. The van der Waals surface area contributed by atoms with E-state index in [0.717, 1.165) is 56.4 Å². The van der Waals surface area contributed by atoms with Crippen LogP contribution in [0.2, 0.25) is 0 Å². The van der Waals surface area contributed by atoms with E-state index in [9.17, 15) is 4.79 Å². The molecule has 3 rings (SSSR count). The normalized spacial score (nSPS) is 23.5. The van der Waals surface area contributed by atoms with Crippen LogP contribution in [0.25, 0.3) is 0 Å². The van der Waals surface area contributed by atoms with E-state index in [1.165, 1.54) is 17.5 Å². The van der Waals surface area contributed by atoms with Gasteiger partial charge >= 0.3 is 0 Å². The van der Waals surface area contributed by atoms with Crippen molar-refractivity contribution < 1.29 is 19.0 Å². The molecule has 0 saturated heterocycles. The molecule has 1 amide bonds. The minimum atomic E-state index is -0.145. The minimum Gasteiger partial charge on any atom is -0.497 e. The third-order valence-corrected chi connectivity index (χ3v) is 9.44. The van der Waals surface area contributed by atoms with Gasteiger partial charge in [-0.15, -0.1) is 0 Å². The first-order valence-corrected chi connectivity index (χ1v) is 14.9. The number of amides is 1. The summed E-state index contributed by atoms with van der Waals surface area (Å²) in [6.45, 7) is 11.4. The predicted octanol–water partition coefficient (Wildman–Crippen LogP) is 7.71. The van der Waals surface area contributed by atoms with Crippen LogP contribution in [-0.4, -0.2) is 32.5 Å². The molecule has 5 nitrogen and oxygen atoms in total. The number of hydrogen-bond donors (Lipinski definition) is 1. The molecular formula is C34H51NO4. The van der Waals surface area contributed by atoms with Gasteiger partial charge < -0.3 is 19.5 Å². The van der Waals surface area contributed by atoms with E-state index in [2.05, 4.69) is 70.3 Å². The van der Waals surface area contributed by atoms with Crippen LogP contribution in [0.1, 0.15) is 90.7 Å². The molecule has 39 heavy (non-hydrogen) atoms. The van der Waals surface area contributed by atoms with Crippen LogP contribution in [-0.2, 0) is 21.4 Å². The Labute approximate surface area is 237 Å². The number of nitrogens with one attached hydrogen (secondary N) is 1. The van der Waals surface area contributed by atoms with Gasteiger partial charge in [0.25, 0.3) is 0 Å². The number of rotatable bonds is 14. The smallest absolute Gasteiger partial charge is 0.223 e. The standard InChI is InChI=1S/C34H51NO4/c1-8-25(3)23-33(29-11-10-12-31(22-29)39-24-37-6)17-19-34(9-2,20-18-33)35-32(36)27(5)26(4)21-28-13-15-30(38-7)16-14-28/h10-16,22,25-27H,8-9,17-21,23-24H2,1-7H3,(H,35,36)/t25?,26?,27?,33-,34-. The Hall–Kier alpha value is -2.53. The van der Waals surface area contributed by atoms with Crippen LogP contribution in [0.3, 0.4) is 0 Å². The summed E-state index contributed by atoms with van der Waals surface area (Å²) in [4.78, 5) is 13.5. The van der Waals surface area contributed by atoms with Crippen molar-refractivity contribution >= 4 is 5.91 Å². The summed E-state index contributed by atoms with van der Waals surface area (Å²) < 4.78 is 16.2.